The van der Waals surface area contributed by atoms with Gasteiger partial charge in [0.1, 0.15) is 0 Å². The summed E-state index contributed by atoms with van der Waals surface area (Å²) in [6, 6.07) is 11.8. The molecule has 3 N–H and O–H groups in total. The van der Waals surface area contributed by atoms with E-state index in [-0.39, 0.29) is 6.04 Å². The van der Waals surface area contributed by atoms with E-state index in [1.807, 2.05) is 49.6 Å². The van der Waals surface area contributed by atoms with Gasteiger partial charge in [-0.3, -0.25) is 15.5 Å². The van der Waals surface area contributed by atoms with Crippen molar-refractivity contribution in [2.45, 2.75) is 6.04 Å². The van der Waals surface area contributed by atoms with Gasteiger partial charge >= 0.3 is 0 Å². The Morgan fingerprint density at radius 2 is 2.11 bits per heavy atom. The molecule has 1 unspecified atom stereocenters. The number of nitrogens with two attached hydrogens (primary N) is 1. The number of nitrogens with zero attached hydrogens (tertiary/aromatic N) is 3. The summed E-state index contributed by atoms with van der Waals surface area (Å²) in [6.07, 6.45) is 3.70. The molecule has 3 rings (SSSR count). The van der Waals surface area contributed by atoms with Crippen molar-refractivity contribution in [3.8, 4) is 0 Å². The summed E-state index contributed by atoms with van der Waals surface area (Å²) in [5.74, 6) is 5.72. The Bertz CT molecular complexity index is 698. The van der Waals surface area contributed by atoms with E-state index in [0.717, 1.165) is 22.2 Å². The molecule has 0 bridgehead atoms. The number of rotatable bonds is 3. The lowest BCUT2D eigenvalue weighted by atomic mass is 9.99. The van der Waals surface area contributed by atoms with Crippen LogP contribution in [0.1, 0.15) is 17.3 Å². The van der Waals surface area contributed by atoms with Crippen LogP contribution in [0.5, 0.6) is 0 Å². The molecule has 0 aliphatic carbocycles. The van der Waals surface area contributed by atoms with Gasteiger partial charge in [-0.1, -0.05) is 18.2 Å². The number of aryl methyl sites for hydroxylation is 1. The van der Waals surface area contributed by atoms with Crippen molar-refractivity contribution in [1.82, 2.24) is 20.2 Å². The first-order valence-electron chi connectivity index (χ1n) is 6.09. The standard InChI is InChI=1S/C14H15N5/c1-19-9-7-13(18-19)14(17-15)11-4-2-6-12-10(11)5-3-8-16-12/h2-9,14,17H,15H2,1H3. The van der Waals surface area contributed by atoms with Crippen LogP contribution in [0, 0.1) is 0 Å². The predicted octanol–water partition coefficient (Wildman–Crippen LogP) is 1.52. The molecule has 0 radical (unpaired) electrons. The minimum atomic E-state index is -0.144. The molecule has 1 atom stereocenters. The zero-order valence-corrected chi connectivity index (χ0v) is 10.6. The molecule has 5 heteroatoms. The molecule has 96 valence electrons. The molecule has 1 aromatic carbocycles. The smallest absolute Gasteiger partial charge is 0.0906 e. The van der Waals surface area contributed by atoms with Crippen LogP contribution in [0.3, 0.4) is 0 Å². The molecular weight excluding hydrogens is 238 g/mol. The first kappa shape index (κ1) is 11.8. The highest BCUT2D eigenvalue weighted by Crippen LogP contribution is 2.26. The number of pyridine rings is 1. The topological polar surface area (TPSA) is 68.8 Å². The SMILES string of the molecule is Cn1ccc(C(NN)c2cccc3ncccc23)n1. The monoisotopic (exact) mass is 253 g/mol. The normalized spacial score (nSPS) is 12.7. The second kappa shape index (κ2) is 4.79. The molecule has 0 spiro atoms. The van der Waals surface area contributed by atoms with E-state index in [1.54, 1.807) is 10.9 Å². The fourth-order valence-electron chi connectivity index (χ4n) is 2.30. The minimum Gasteiger partial charge on any atom is -0.275 e. The largest absolute Gasteiger partial charge is 0.275 e. The summed E-state index contributed by atoms with van der Waals surface area (Å²) < 4.78 is 1.77. The highest BCUT2D eigenvalue weighted by Gasteiger charge is 2.17. The zero-order valence-electron chi connectivity index (χ0n) is 10.6. The highest BCUT2D eigenvalue weighted by atomic mass is 15.3. The van der Waals surface area contributed by atoms with Crippen LogP contribution < -0.4 is 11.3 Å². The van der Waals surface area contributed by atoms with Crippen molar-refractivity contribution in [2.24, 2.45) is 12.9 Å². The summed E-state index contributed by atoms with van der Waals surface area (Å²) in [6.45, 7) is 0. The van der Waals surface area contributed by atoms with Crippen LogP contribution in [0.25, 0.3) is 10.9 Å². The van der Waals surface area contributed by atoms with Gasteiger partial charge in [-0.05, 0) is 23.8 Å². The first-order chi connectivity index (χ1) is 9.29. The van der Waals surface area contributed by atoms with Gasteiger partial charge in [-0.25, -0.2) is 5.43 Å². The van der Waals surface area contributed by atoms with Crippen molar-refractivity contribution >= 4 is 10.9 Å². The van der Waals surface area contributed by atoms with Crippen molar-refractivity contribution in [3.05, 3.63) is 60.0 Å². The van der Waals surface area contributed by atoms with Gasteiger partial charge in [0.25, 0.3) is 0 Å². The third kappa shape index (κ3) is 2.09. The molecule has 0 amide bonds. The lowest BCUT2D eigenvalue weighted by Crippen LogP contribution is -2.29. The van der Waals surface area contributed by atoms with Crippen molar-refractivity contribution in [1.29, 1.82) is 0 Å². The third-order valence-electron chi connectivity index (χ3n) is 3.19. The van der Waals surface area contributed by atoms with Crippen molar-refractivity contribution < 1.29 is 0 Å². The van der Waals surface area contributed by atoms with E-state index < -0.39 is 0 Å². The summed E-state index contributed by atoms with van der Waals surface area (Å²) >= 11 is 0. The molecule has 0 fully saturated rings. The Morgan fingerprint density at radius 3 is 2.84 bits per heavy atom. The number of aromatic nitrogens is 3. The maximum Gasteiger partial charge on any atom is 0.0906 e. The molecule has 2 aromatic heterocycles. The minimum absolute atomic E-state index is 0.144. The average Bonchev–Trinajstić information content (AvgIpc) is 2.86. The summed E-state index contributed by atoms with van der Waals surface area (Å²) in [5.41, 5.74) is 5.76. The molecule has 19 heavy (non-hydrogen) atoms. The van der Waals surface area contributed by atoms with E-state index in [9.17, 15) is 0 Å². The number of nitrogens with one attached hydrogen (secondary N) is 1. The third-order valence-corrected chi connectivity index (χ3v) is 3.19. The Balaban J connectivity index is 2.16. The quantitative estimate of drug-likeness (QED) is 0.548. The number of hydrogen-bond acceptors (Lipinski definition) is 4. The van der Waals surface area contributed by atoms with Crippen LogP contribution in [0.4, 0.5) is 0 Å². The first-order valence-corrected chi connectivity index (χ1v) is 6.09. The van der Waals surface area contributed by atoms with Gasteiger partial charge in [0.15, 0.2) is 0 Å². The number of fused-ring (bicyclic) bond motifs is 1. The Hall–Kier alpha value is -2.24. The van der Waals surface area contributed by atoms with E-state index in [0.29, 0.717) is 0 Å². The van der Waals surface area contributed by atoms with Gasteiger partial charge in [0, 0.05) is 24.8 Å². The zero-order chi connectivity index (χ0) is 13.2. The number of benzene rings is 1. The van der Waals surface area contributed by atoms with Gasteiger partial charge in [-0.15, -0.1) is 0 Å². The average molecular weight is 253 g/mol. The van der Waals surface area contributed by atoms with Crippen LogP contribution in [0.2, 0.25) is 0 Å². The molecule has 0 saturated heterocycles. The molecule has 0 aliphatic heterocycles. The maximum atomic E-state index is 5.72. The lowest BCUT2D eigenvalue weighted by molar-refractivity contribution is 0.607. The summed E-state index contributed by atoms with van der Waals surface area (Å²) in [7, 11) is 1.89. The lowest BCUT2D eigenvalue weighted by Gasteiger charge is -2.16. The van der Waals surface area contributed by atoms with E-state index in [2.05, 4.69) is 15.5 Å². The van der Waals surface area contributed by atoms with Crippen molar-refractivity contribution in [3.63, 3.8) is 0 Å². The fraction of sp³-hybridized carbons (Fsp3) is 0.143. The summed E-state index contributed by atoms with van der Waals surface area (Å²) in [4.78, 5) is 4.36. The van der Waals surface area contributed by atoms with Crippen LogP contribution in [-0.4, -0.2) is 14.8 Å². The molecule has 0 aliphatic rings. The fourth-order valence-corrected chi connectivity index (χ4v) is 2.30. The maximum absolute atomic E-state index is 5.72. The molecular formula is C14H15N5. The van der Waals surface area contributed by atoms with Gasteiger partial charge in [0.05, 0.1) is 17.3 Å². The van der Waals surface area contributed by atoms with Gasteiger partial charge in [0.2, 0.25) is 0 Å². The predicted molar refractivity (Wildman–Crippen MR) is 74.1 cm³/mol. The highest BCUT2D eigenvalue weighted by molar-refractivity contribution is 5.82. The van der Waals surface area contributed by atoms with E-state index in [4.69, 9.17) is 5.84 Å². The van der Waals surface area contributed by atoms with Crippen LogP contribution in [0.15, 0.2) is 48.8 Å². The van der Waals surface area contributed by atoms with Crippen molar-refractivity contribution in [2.75, 3.05) is 0 Å². The Kier molecular flexibility index (Phi) is 2.98. The molecule has 0 saturated carbocycles. The number of hydrogen-bond donors (Lipinski definition) is 2. The van der Waals surface area contributed by atoms with Crippen LogP contribution >= 0.6 is 0 Å². The molecule has 2 heterocycles. The van der Waals surface area contributed by atoms with Crippen LogP contribution in [-0.2, 0) is 7.05 Å². The Morgan fingerprint density at radius 1 is 1.21 bits per heavy atom. The molecule has 5 nitrogen and oxygen atoms in total. The second-order valence-corrected chi connectivity index (χ2v) is 4.43. The Labute approximate surface area is 111 Å². The summed E-state index contributed by atoms with van der Waals surface area (Å²) in [5, 5.41) is 5.50. The second-order valence-electron chi connectivity index (χ2n) is 4.43. The van der Waals surface area contributed by atoms with E-state index in [1.165, 1.54) is 0 Å². The van der Waals surface area contributed by atoms with Gasteiger partial charge < -0.3 is 0 Å². The van der Waals surface area contributed by atoms with Gasteiger partial charge in [-0.2, -0.15) is 5.10 Å². The molecule has 3 aromatic rings. The van der Waals surface area contributed by atoms with E-state index >= 15 is 0 Å². The number of hydrazine groups is 1.